The SMILES string of the molecule is COc1cccc(C(=O)N2CCN(CC(=O)NC(C)C)CC2)c1. The Labute approximate surface area is 137 Å². The summed E-state index contributed by atoms with van der Waals surface area (Å²) in [6, 6.07) is 7.34. The monoisotopic (exact) mass is 319 g/mol. The number of hydrogen-bond acceptors (Lipinski definition) is 4. The number of benzene rings is 1. The standard InChI is InChI=1S/C17H25N3O3/c1-13(2)18-16(21)12-19-7-9-20(10-8-19)17(22)14-5-4-6-15(11-14)23-3/h4-6,11,13H,7-10,12H2,1-3H3,(H,18,21). The molecule has 6 heteroatoms. The second-order valence-electron chi connectivity index (χ2n) is 6.02. The maximum absolute atomic E-state index is 12.5. The van der Waals surface area contributed by atoms with Crippen LogP contribution in [0.3, 0.4) is 0 Å². The Morgan fingerprint density at radius 2 is 1.91 bits per heavy atom. The number of ether oxygens (including phenoxy) is 1. The van der Waals surface area contributed by atoms with Gasteiger partial charge in [-0.2, -0.15) is 0 Å². The molecule has 1 aliphatic heterocycles. The summed E-state index contributed by atoms with van der Waals surface area (Å²) in [6.07, 6.45) is 0. The Balaban J connectivity index is 1.86. The fourth-order valence-corrected chi connectivity index (χ4v) is 2.62. The summed E-state index contributed by atoms with van der Waals surface area (Å²) in [7, 11) is 1.59. The van der Waals surface area contributed by atoms with Crippen molar-refractivity contribution < 1.29 is 14.3 Å². The largest absolute Gasteiger partial charge is 0.497 e. The highest BCUT2D eigenvalue weighted by atomic mass is 16.5. The third kappa shape index (κ3) is 4.96. The van der Waals surface area contributed by atoms with E-state index in [2.05, 4.69) is 10.2 Å². The van der Waals surface area contributed by atoms with Crippen molar-refractivity contribution in [3.05, 3.63) is 29.8 Å². The van der Waals surface area contributed by atoms with Gasteiger partial charge in [0.15, 0.2) is 0 Å². The van der Waals surface area contributed by atoms with Crippen LogP contribution < -0.4 is 10.1 Å². The van der Waals surface area contributed by atoms with E-state index in [1.54, 1.807) is 19.2 Å². The van der Waals surface area contributed by atoms with E-state index in [0.29, 0.717) is 44.0 Å². The summed E-state index contributed by atoms with van der Waals surface area (Å²) in [5, 5.41) is 2.89. The molecule has 1 aromatic carbocycles. The number of methoxy groups -OCH3 is 1. The number of hydrogen-bond donors (Lipinski definition) is 1. The van der Waals surface area contributed by atoms with Crippen LogP contribution in [0.1, 0.15) is 24.2 Å². The number of nitrogens with zero attached hydrogens (tertiary/aromatic N) is 2. The number of carbonyl (C=O) groups excluding carboxylic acids is 2. The van der Waals surface area contributed by atoms with Gasteiger partial charge in [-0.1, -0.05) is 6.07 Å². The smallest absolute Gasteiger partial charge is 0.254 e. The van der Waals surface area contributed by atoms with Crippen LogP contribution in [-0.2, 0) is 4.79 Å². The quantitative estimate of drug-likeness (QED) is 0.879. The predicted molar refractivity (Wildman–Crippen MR) is 88.6 cm³/mol. The number of carbonyl (C=O) groups is 2. The van der Waals surface area contributed by atoms with Crippen LogP contribution in [0.25, 0.3) is 0 Å². The van der Waals surface area contributed by atoms with Crippen LogP contribution >= 0.6 is 0 Å². The van der Waals surface area contributed by atoms with Gasteiger partial charge >= 0.3 is 0 Å². The first-order valence-corrected chi connectivity index (χ1v) is 7.94. The van der Waals surface area contributed by atoms with Crippen molar-refractivity contribution in [3.63, 3.8) is 0 Å². The van der Waals surface area contributed by atoms with Crippen molar-refractivity contribution in [1.29, 1.82) is 0 Å². The molecule has 126 valence electrons. The zero-order valence-corrected chi connectivity index (χ0v) is 14.0. The van der Waals surface area contributed by atoms with Gasteiger partial charge in [0.05, 0.1) is 13.7 Å². The van der Waals surface area contributed by atoms with Gasteiger partial charge in [-0.3, -0.25) is 14.5 Å². The van der Waals surface area contributed by atoms with Crippen molar-refractivity contribution in [2.75, 3.05) is 39.8 Å². The maximum Gasteiger partial charge on any atom is 0.254 e. The highest BCUT2D eigenvalue weighted by molar-refractivity contribution is 5.94. The minimum absolute atomic E-state index is 0.00943. The van der Waals surface area contributed by atoms with E-state index in [1.165, 1.54) is 0 Å². The maximum atomic E-state index is 12.5. The Bertz CT molecular complexity index is 552. The minimum Gasteiger partial charge on any atom is -0.497 e. The van der Waals surface area contributed by atoms with Crippen LogP contribution in [0.15, 0.2) is 24.3 Å². The zero-order valence-electron chi connectivity index (χ0n) is 14.0. The molecule has 0 aromatic heterocycles. The first kappa shape index (κ1) is 17.3. The van der Waals surface area contributed by atoms with Crippen LogP contribution in [0.5, 0.6) is 5.75 Å². The molecule has 1 N–H and O–H groups in total. The second-order valence-corrected chi connectivity index (χ2v) is 6.02. The molecule has 0 radical (unpaired) electrons. The second kappa shape index (κ2) is 7.97. The van der Waals surface area contributed by atoms with Gasteiger partial charge in [-0.15, -0.1) is 0 Å². The topological polar surface area (TPSA) is 61.9 Å². The number of piperazine rings is 1. The molecule has 0 saturated carbocycles. The summed E-state index contributed by atoms with van der Waals surface area (Å²) < 4.78 is 5.16. The lowest BCUT2D eigenvalue weighted by molar-refractivity contribution is -0.123. The molecule has 23 heavy (non-hydrogen) atoms. The fraction of sp³-hybridized carbons (Fsp3) is 0.529. The van der Waals surface area contributed by atoms with Gasteiger partial charge in [0, 0.05) is 37.8 Å². The highest BCUT2D eigenvalue weighted by Crippen LogP contribution is 2.15. The van der Waals surface area contributed by atoms with Crippen molar-refractivity contribution >= 4 is 11.8 Å². The normalized spacial score (nSPS) is 15.6. The van der Waals surface area contributed by atoms with E-state index in [4.69, 9.17) is 4.74 Å². The van der Waals surface area contributed by atoms with E-state index < -0.39 is 0 Å². The van der Waals surface area contributed by atoms with Crippen LogP contribution in [-0.4, -0.2) is 67.5 Å². The molecule has 0 atom stereocenters. The summed E-state index contributed by atoms with van der Waals surface area (Å²) in [4.78, 5) is 28.2. The van der Waals surface area contributed by atoms with Crippen molar-refractivity contribution in [2.24, 2.45) is 0 Å². The zero-order chi connectivity index (χ0) is 16.8. The average molecular weight is 319 g/mol. The van der Waals surface area contributed by atoms with Gasteiger partial charge in [-0.25, -0.2) is 0 Å². The molecule has 1 saturated heterocycles. The Hall–Kier alpha value is -2.08. The lowest BCUT2D eigenvalue weighted by Crippen LogP contribution is -2.51. The molecule has 6 nitrogen and oxygen atoms in total. The van der Waals surface area contributed by atoms with Gasteiger partial charge in [-0.05, 0) is 32.0 Å². The lowest BCUT2D eigenvalue weighted by Gasteiger charge is -2.34. The molecule has 1 heterocycles. The van der Waals surface area contributed by atoms with E-state index in [0.717, 1.165) is 0 Å². The molecule has 1 fully saturated rings. The number of amides is 2. The molecule has 1 aliphatic rings. The Kier molecular flexibility index (Phi) is 5.98. The molecule has 0 aliphatic carbocycles. The van der Waals surface area contributed by atoms with E-state index >= 15 is 0 Å². The van der Waals surface area contributed by atoms with Crippen LogP contribution in [0.2, 0.25) is 0 Å². The van der Waals surface area contributed by atoms with E-state index in [9.17, 15) is 9.59 Å². The highest BCUT2D eigenvalue weighted by Gasteiger charge is 2.23. The first-order chi connectivity index (χ1) is 11.0. The molecule has 1 aromatic rings. The lowest BCUT2D eigenvalue weighted by atomic mass is 10.1. The van der Waals surface area contributed by atoms with Crippen LogP contribution in [0, 0.1) is 0 Å². The molecule has 0 spiro atoms. The molecule has 2 rings (SSSR count). The first-order valence-electron chi connectivity index (χ1n) is 7.94. The fourth-order valence-electron chi connectivity index (χ4n) is 2.62. The average Bonchev–Trinajstić information content (AvgIpc) is 2.54. The van der Waals surface area contributed by atoms with Crippen molar-refractivity contribution in [3.8, 4) is 5.75 Å². The van der Waals surface area contributed by atoms with E-state index in [1.807, 2.05) is 30.9 Å². The summed E-state index contributed by atoms with van der Waals surface area (Å²) in [6.45, 7) is 6.96. The van der Waals surface area contributed by atoms with Gasteiger partial charge < -0.3 is 15.0 Å². The third-order valence-electron chi connectivity index (χ3n) is 3.79. The summed E-state index contributed by atoms with van der Waals surface area (Å²) in [5.41, 5.74) is 0.635. The van der Waals surface area contributed by atoms with Gasteiger partial charge in [0.2, 0.25) is 5.91 Å². The third-order valence-corrected chi connectivity index (χ3v) is 3.79. The molecule has 0 bridgehead atoms. The minimum atomic E-state index is 0.00943. The van der Waals surface area contributed by atoms with Gasteiger partial charge in [0.1, 0.15) is 5.75 Å². The molecular formula is C17H25N3O3. The molecule has 0 unspecified atom stereocenters. The van der Waals surface area contributed by atoms with Crippen molar-refractivity contribution in [2.45, 2.75) is 19.9 Å². The number of rotatable bonds is 5. The molecule has 2 amide bonds. The summed E-state index contributed by atoms with van der Waals surface area (Å²) in [5.74, 6) is 0.725. The summed E-state index contributed by atoms with van der Waals surface area (Å²) >= 11 is 0. The Morgan fingerprint density at radius 1 is 1.22 bits per heavy atom. The van der Waals surface area contributed by atoms with E-state index in [-0.39, 0.29) is 17.9 Å². The Morgan fingerprint density at radius 3 is 2.52 bits per heavy atom. The molecular weight excluding hydrogens is 294 g/mol. The van der Waals surface area contributed by atoms with Crippen molar-refractivity contribution in [1.82, 2.24) is 15.1 Å². The number of nitrogens with one attached hydrogen (secondary N) is 1. The predicted octanol–water partition coefficient (Wildman–Crippen LogP) is 0.978. The van der Waals surface area contributed by atoms with Gasteiger partial charge in [0.25, 0.3) is 5.91 Å². The van der Waals surface area contributed by atoms with Crippen LogP contribution in [0.4, 0.5) is 0 Å².